The number of ether oxygens (including phenoxy) is 1. The average Bonchev–Trinajstić information content (AvgIpc) is 2.26. The van der Waals surface area contributed by atoms with Crippen molar-refractivity contribution in [3.8, 4) is 0 Å². The largest absolute Gasteiger partial charge is 0.479 e. The maximum Gasteiger partial charge on any atom is 0.334 e. The van der Waals surface area contributed by atoms with Gasteiger partial charge >= 0.3 is 5.97 Å². The Bertz CT molecular complexity index is 281. The van der Waals surface area contributed by atoms with Crippen LogP contribution in [0, 0.1) is 5.92 Å². The number of aliphatic carboxylic acids is 1. The molecule has 0 aliphatic carbocycles. The predicted octanol–water partition coefficient (Wildman–Crippen LogP) is -0.456. The van der Waals surface area contributed by atoms with E-state index in [9.17, 15) is 9.59 Å². The van der Waals surface area contributed by atoms with Crippen LogP contribution in [0.3, 0.4) is 0 Å². The van der Waals surface area contributed by atoms with Crippen molar-refractivity contribution in [3.05, 3.63) is 0 Å². The zero-order valence-electron chi connectivity index (χ0n) is 10.3. The Kier molecular flexibility index (Phi) is 5.37. The van der Waals surface area contributed by atoms with Crippen LogP contribution in [0.1, 0.15) is 13.8 Å². The van der Waals surface area contributed by atoms with Crippen LogP contribution in [0.5, 0.6) is 0 Å². The molecule has 1 amide bonds. The Morgan fingerprint density at radius 1 is 1.53 bits per heavy atom. The summed E-state index contributed by atoms with van der Waals surface area (Å²) in [6, 6.07) is 0. The number of nitrogens with zero attached hydrogens (tertiary/aromatic N) is 1. The second-order valence-corrected chi connectivity index (χ2v) is 4.63. The first kappa shape index (κ1) is 13.9. The first-order valence-electron chi connectivity index (χ1n) is 5.82. The minimum absolute atomic E-state index is 0.0651. The van der Waals surface area contributed by atoms with Crippen molar-refractivity contribution in [2.75, 3.05) is 32.8 Å². The lowest BCUT2D eigenvalue weighted by atomic mass is 10.2. The topological polar surface area (TPSA) is 78.9 Å². The summed E-state index contributed by atoms with van der Waals surface area (Å²) in [6.45, 7) is 6.15. The van der Waals surface area contributed by atoms with E-state index >= 15 is 0 Å². The molecular formula is C11H20N2O4. The lowest BCUT2D eigenvalue weighted by Crippen LogP contribution is -2.49. The van der Waals surface area contributed by atoms with Crippen LogP contribution in [0.15, 0.2) is 0 Å². The first-order chi connectivity index (χ1) is 7.99. The fourth-order valence-electron chi connectivity index (χ4n) is 1.57. The highest BCUT2D eigenvalue weighted by Crippen LogP contribution is 2.04. The van der Waals surface area contributed by atoms with E-state index in [4.69, 9.17) is 9.84 Å². The number of nitrogens with one attached hydrogen (secondary N) is 1. The van der Waals surface area contributed by atoms with Gasteiger partial charge in [-0.25, -0.2) is 4.79 Å². The van der Waals surface area contributed by atoms with Gasteiger partial charge in [0.25, 0.3) is 0 Å². The third-order valence-corrected chi connectivity index (χ3v) is 2.50. The van der Waals surface area contributed by atoms with Gasteiger partial charge in [-0.1, -0.05) is 13.8 Å². The van der Waals surface area contributed by atoms with Crippen molar-refractivity contribution in [2.45, 2.75) is 20.0 Å². The van der Waals surface area contributed by atoms with Gasteiger partial charge in [0.15, 0.2) is 6.10 Å². The van der Waals surface area contributed by atoms with Crippen molar-refractivity contribution in [1.82, 2.24) is 10.2 Å². The fourth-order valence-corrected chi connectivity index (χ4v) is 1.57. The van der Waals surface area contributed by atoms with Gasteiger partial charge < -0.3 is 15.2 Å². The van der Waals surface area contributed by atoms with Gasteiger partial charge in [0.2, 0.25) is 5.91 Å². The van der Waals surface area contributed by atoms with Crippen molar-refractivity contribution >= 4 is 11.9 Å². The molecule has 2 N–H and O–H groups in total. The number of carboxylic acid groups (broad SMARTS) is 1. The van der Waals surface area contributed by atoms with Gasteiger partial charge in [0, 0.05) is 19.6 Å². The zero-order valence-corrected chi connectivity index (χ0v) is 10.3. The molecule has 1 saturated heterocycles. The van der Waals surface area contributed by atoms with Crippen LogP contribution in [0.2, 0.25) is 0 Å². The standard InChI is InChI=1S/C11H20N2O4/c1-8(2)5-12-10(14)7-13-3-4-17-9(6-13)11(15)16/h8-9H,3-7H2,1-2H3,(H,12,14)(H,15,16). The maximum atomic E-state index is 11.6. The van der Waals surface area contributed by atoms with E-state index in [0.717, 1.165) is 0 Å². The van der Waals surface area contributed by atoms with Gasteiger partial charge in [0.05, 0.1) is 13.2 Å². The summed E-state index contributed by atoms with van der Waals surface area (Å²) in [4.78, 5) is 24.1. The second kappa shape index (κ2) is 6.56. The van der Waals surface area contributed by atoms with Crippen molar-refractivity contribution in [1.29, 1.82) is 0 Å². The number of hydrogen-bond acceptors (Lipinski definition) is 4. The Hall–Kier alpha value is -1.14. The smallest absolute Gasteiger partial charge is 0.334 e. The molecule has 1 heterocycles. The molecule has 0 spiro atoms. The minimum atomic E-state index is -0.975. The Morgan fingerprint density at radius 3 is 2.82 bits per heavy atom. The van der Waals surface area contributed by atoms with Gasteiger partial charge in [-0.15, -0.1) is 0 Å². The molecule has 0 bridgehead atoms. The molecule has 1 atom stereocenters. The third kappa shape index (κ3) is 5.14. The van der Waals surface area contributed by atoms with Crippen molar-refractivity contribution in [2.24, 2.45) is 5.92 Å². The lowest BCUT2D eigenvalue weighted by molar-refractivity contribution is -0.156. The van der Waals surface area contributed by atoms with E-state index in [0.29, 0.717) is 25.6 Å². The molecule has 0 radical (unpaired) electrons. The Labute approximate surface area is 101 Å². The van der Waals surface area contributed by atoms with E-state index in [-0.39, 0.29) is 19.0 Å². The van der Waals surface area contributed by atoms with Crippen LogP contribution < -0.4 is 5.32 Å². The van der Waals surface area contributed by atoms with Gasteiger partial charge in [-0.05, 0) is 5.92 Å². The molecule has 1 aliphatic heterocycles. The molecule has 98 valence electrons. The number of amides is 1. The maximum absolute atomic E-state index is 11.6. The average molecular weight is 244 g/mol. The van der Waals surface area contributed by atoms with Crippen molar-refractivity contribution in [3.63, 3.8) is 0 Å². The van der Waals surface area contributed by atoms with Crippen LogP contribution >= 0.6 is 0 Å². The molecule has 1 unspecified atom stereocenters. The van der Waals surface area contributed by atoms with Crippen LogP contribution in [0.4, 0.5) is 0 Å². The van der Waals surface area contributed by atoms with E-state index < -0.39 is 12.1 Å². The van der Waals surface area contributed by atoms with Crippen LogP contribution in [-0.2, 0) is 14.3 Å². The molecular weight excluding hydrogens is 224 g/mol. The molecule has 0 aromatic rings. The van der Waals surface area contributed by atoms with Crippen LogP contribution in [0.25, 0.3) is 0 Å². The molecule has 1 fully saturated rings. The quantitative estimate of drug-likeness (QED) is 0.684. The Morgan fingerprint density at radius 2 is 2.24 bits per heavy atom. The summed E-state index contributed by atoms with van der Waals surface area (Å²) in [5.74, 6) is -0.627. The second-order valence-electron chi connectivity index (χ2n) is 4.63. The highest BCUT2D eigenvalue weighted by molar-refractivity contribution is 5.78. The SMILES string of the molecule is CC(C)CNC(=O)CN1CCOC(C(=O)O)C1. The summed E-state index contributed by atoms with van der Waals surface area (Å²) in [6.07, 6.45) is -0.818. The molecule has 0 aromatic heterocycles. The van der Waals surface area contributed by atoms with E-state index in [1.54, 1.807) is 4.90 Å². The highest BCUT2D eigenvalue weighted by Gasteiger charge is 2.27. The molecule has 17 heavy (non-hydrogen) atoms. The number of carboxylic acids is 1. The van der Waals surface area contributed by atoms with Gasteiger partial charge in [-0.2, -0.15) is 0 Å². The molecule has 1 rings (SSSR count). The summed E-state index contributed by atoms with van der Waals surface area (Å²) >= 11 is 0. The molecule has 6 nitrogen and oxygen atoms in total. The number of morpholine rings is 1. The van der Waals surface area contributed by atoms with E-state index in [2.05, 4.69) is 5.32 Å². The van der Waals surface area contributed by atoms with Gasteiger partial charge in [0.1, 0.15) is 0 Å². The third-order valence-electron chi connectivity index (χ3n) is 2.50. The normalized spacial score (nSPS) is 21.5. The fraction of sp³-hybridized carbons (Fsp3) is 0.818. The Balaban J connectivity index is 2.30. The molecule has 0 saturated carbocycles. The first-order valence-corrected chi connectivity index (χ1v) is 5.82. The number of carbonyl (C=O) groups excluding carboxylic acids is 1. The summed E-state index contributed by atoms with van der Waals surface area (Å²) in [5, 5.41) is 11.6. The molecule has 0 aromatic carbocycles. The number of hydrogen-bond donors (Lipinski definition) is 2. The zero-order chi connectivity index (χ0) is 12.8. The minimum Gasteiger partial charge on any atom is -0.479 e. The van der Waals surface area contributed by atoms with Crippen LogP contribution in [-0.4, -0.2) is 60.8 Å². The van der Waals surface area contributed by atoms with Crippen molar-refractivity contribution < 1.29 is 19.4 Å². The summed E-state index contributed by atoms with van der Waals surface area (Å²) in [7, 11) is 0. The molecule has 6 heteroatoms. The number of carbonyl (C=O) groups is 2. The number of rotatable bonds is 5. The van der Waals surface area contributed by atoms with Gasteiger partial charge in [-0.3, -0.25) is 9.69 Å². The van der Waals surface area contributed by atoms with E-state index in [1.165, 1.54) is 0 Å². The predicted molar refractivity (Wildman–Crippen MR) is 61.7 cm³/mol. The summed E-state index contributed by atoms with van der Waals surface area (Å²) in [5.41, 5.74) is 0. The highest BCUT2D eigenvalue weighted by atomic mass is 16.5. The summed E-state index contributed by atoms with van der Waals surface area (Å²) < 4.78 is 5.08. The van der Waals surface area contributed by atoms with E-state index in [1.807, 2.05) is 13.8 Å². The lowest BCUT2D eigenvalue weighted by Gasteiger charge is -2.30. The molecule has 1 aliphatic rings. The monoisotopic (exact) mass is 244 g/mol.